The van der Waals surface area contributed by atoms with Crippen molar-refractivity contribution in [1.29, 1.82) is 0 Å². The lowest BCUT2D eigenvalue weighted by atomic mass is 10.3. The minimum absolute atomic E-state index is 0.173. The van der Waals surface area contributed by atoms with E-state index in [2.05, 4.69) is 30.8 Å². The summed E-state index contributed by atoms with van der Waals surface area (Å²) in [5.74, 6) is -1.20. The van der Waals surface area contributed by atoms with E-state index in [1.807, 2.05) is 12.1 Å². The Morgan fingerprint density at radius 1 is 1.04 bits per heavy atom. The summed E-state index contributed by atoms with van der Waals surface area (Å²) >= 11 is 0. The Morgan fingerprint density at radius 3 is 2.74 bits per heavy atom. The molecule has 0 spiro atoms. The van der Waals surface area contributed by atoms with E-state index in [4.69, 9.17) is 0 Å². The maximum atomic E-state index is 13.2. The van der Waals surface area contributed by atoms with Crippen LogP contribution in [0.3, 0.4) is 0 Å². The molecule has 0 amide bonds. The zero-order valence-electron chi connectivity index (χ0n) is 11.9. The molecule has 3 rings (SSSR count). The molecule has 2 heterocycles. The first-order valence-corrected chi connectivity index (χ1v) is 6.75. The molecule has 116 valence electrons. The van der Waals surface area contributed by atoms with Gasteiger partial charge in [0.15, 0.2) is 17.5 Å². The van der Waals surface area contributed by atoms with Gasteiger partial charge in [-0.15, -0.1) is 5.10 Å². The Hall–Kier alpha value is -3.16. The average Bonchev–Trinajstić information content (AvgIpc) is 2.58. The number of pyridine rings is 1. The van der Waals surface area contributed by atoms with E-state index in [1.54, 1.807) is 12.4 Å². The lowest BCUT2D eigenvalue weighted by molar-refractivity contribution is 0.509. The lowest BCUT2D eigenvalue weighted by Crippen LogP contribution is -2.06. The first-order chi connectivity index (χ1) is 11.2. The number of nitrogens with zero attached hydrogens (tertiary/aromatic N) is 4. The maximum Gasteiger partial charge on any atom is 0.249 e. The van der Waals surface area contributed by atoms with Crippen LogP contribution >= 0.6 is 0 Å². The summed E-state index contributed by atoms with van der Waals surface area (Å²) in [7, 11) is 0. The van der Waals surface area contributed by atoms with E-state index in [1.165, 1.54) is 12.3 Å². The van der Waals surface area contributed by atoms with Gasteiger partial charge in [-0.05, 0) is 23.8 Å². The van der Waals surface area contributed by atoms with E-state index >= 15 is 0 Å². The minimum atomic E-state index is -0.950. The first kappa shape index (κ1) is 14.8. The molecule has 1 aromatic carbocycles. The van der Waals surface area contributed by atoms with Crippen LogP contribution in [0, 0.1) is 11.6 Å². The number of anilines is 3. The van der Waals surface area contributed by atoms with E-state index in [9.17, 15) is 8.78 Å². The van der Waals surface area contributed by atoms with Crippen molar-refractivity contribution in [3.63, 3.8) is 0 Å². The van der Waals surface area contributed by atoms with Crippen LogP contribution < -0.4 is 10.6 Å². The van der Waals surface area contributed by atoms with Crippen molar-refractivity contribution >= 4 is 17.5 Å². The van der Waals surface area contributed by atoms with Crippen molar-refractivity contribution in [3.8, 4) is 0 Å². The van der Waals surface area contributed by atoms with E-state index < -0.39 is 11.6 Å². The lowest BCUT2D eigenvalue weighted by Gasteiger charge is -2.07. The Balaban J connectivity index is 1.68. The molecular weight excluding hydrogens is 302 g/mol. The standard InChI is InChI=1S/C15H12F2N6/c16-12-4-3-11(6-13(12)17)21-15-22-14(9-20-23-15)19-8-10-2-1-5-18-7-10/h1-7,9H,8H2,(H2,19,21,22,23). The molecule has 0 saturated heterocycles. The Labute approximate surface area is 130 Å². The minimum Gasteiger partial charge on any atom is -0.364 e. The van der Waals surface area contributed by atoms with Crippen LogP contribution in [-0.2, 0) is 6.54 Å². The second-order valence-electron chi connectivity index (χ2n) is 4.63. The largest absolute Gasteiger partial charge is 0.364 e. The van der Waals surface area contributed by atoms with Crippen LogP contribution in [0.4, 0.5) is 26.2 Å². The van der Waals surface area contributed by atoms with Gasteiger partial charge in [-0.1, -0.05) is 6.07 Å². The Bertz CT molecular complexity index is 797. The molecule has 0 atom stereocenters. The summed E-state index contributed by atoms with van der Waals surface area (Å²) in [6.45, 7) is 0.525. The third-order valence-electron chi connectivity index (χ3n) is 2.93. The molecule has 0 aliphatic carbocycles. The SMILES string of the molecule is Fc1ccc(Nc2nncc(NCc3cccnc3)n2)cc1F. The van der Waals surface area contributed by atoms with Crippen LogP contribution in [0.5, 0.6) is 0 Å². The van der Waals surface area contributed by atoms with Crippen molar-refractivity contribution in [2.24, 2.45) is 0 Å². The number of benzene rings is 1. The van der Waals surface area contributed by atoms with Gasteiger partial charge in [-0.3, -0.25) is 4.98 Å². The third-order valence-corrected chi connectivity index (χ3v) is 2.93. The van der Waals surface area contributed by atoms with Crippen LogP contribution in [0.15, 0.2) is 48.9 Å². The van der Waals surface area contributed by atoms with E-state index in [-0.39, 0.29) is 5.95 Å². The molecule has 23 heavy (non-hydrogen) atoms. The van der Waals surface area contributed by atoms with Gasteiger partial charge in [0, 0.05) is 30.7 Å². The maximum absolute atomic E-state index is 13.2. The zero-order chi connectivity index (χ0) is 16.1. The van der Waals surface area contributed by atoms with Gasteiger partial charge in [0.2, 0.25) is 5.95 Å². The normalized spacial score (nSPS) is 10.3. The third kappa shape index (κ3) is 3.94. The highest BCUT2D eigenvalue weighted by Gasteiger charge is 2.05. The molecule has 0 aliphatic heterocycles. The fraction of sp³-hybridized carbons (Fsp3) is 0.0667. The molecule has 0 bridgehead atoms. The smallest absolute Gasteiger partial charge is 0.249 e. The molecule has 0 saturated carbocycles. The van der Waals surface area contributed by atoms with E-state index in [0.29, 0.717) is 18.1 Å². The van der Waals surface area contributed by atoms with Crippen molar-refractivity contribution < 1.29 is 8.78 Å². The molecular formula is C15H12F2N6. The van der Waals surface area contributed by atoms with Crippen molar-refractivity contribution in [3.05, 3.63) is 66.1 Å². The first-order valence-electron chi connectivity index (χ1n) is 6.75. The predicted molar refractivity (Wildman–Crippen MR) is 81.0 cm³/mol. The summed E-state index contributed by atoms with van der Waals surface area (Å²) < 4.78 is 26.1. The van der Waals surface area contributed by atoms with Crippen LogP contribution in [0.25, 0.3) is 0 Å². The summed E-state index contributed by atoms with van der Waals surface area (Å²) in [5, 5.41) is 13.5. The number of rotatable bonds is 5. The number of nitrogens with one attached hydrogen (secondary N) is 2. The number of halogens is 2. The van der Waals surface area contributed by atoms with Gasteiger partial charge in [0.1, 0.15) is 0 Å². The predicted octanol–water partition coefficient (Wildman–Crippen LogP) is 2.90. The highest BCUT2D eigenvalue weighted by molar-refractivity contribution is 5.54. The van der Waals surface area contributed by atoms with Crippen LogP contribution in [0.1, 0.15) is 5.56 Å². The topological polar surface area (TPSA) is 75.6 Å². The van der Waals surface area contributed by atoms with Gasteiger partial charge in [0.05, 0.1) is 6.20 Å². The van der Waals surface area contributed by atoms with E-state index in [0.717, 1.165) is 17.7 Å². The van der Waals surface area contributed by atoms with Gasteiger partial charge in [-0.25, -0.2) is 8.78 Å². The summed E-state index contributed by atoms with van der Waals surface area (Å²) in [6, 6.07) is 7.20. The quantitative estimate of drug-likeness (QED) is 0.754. The van der Waals surface area contributed by atoms with Crippen LogP contribution in [-0.4, -0.2) is 20.2 Å². The molecule has 0 fully saturated rings. The fourth-order valence-electron chi connectivity index (χ4n) is 1.84. The summed E-state index contributed by atoms with van der Waals surface area (Å²) in [5.41, 5.74) is 1.32. The monoisotopic (exact) mass is 314 g/mol. The number of aromatic nitrogens is 4. The molecule has 3 aromatic rings. The van der Waals surface area contributed by atoms with Gasteiger partial charge < -0.3 is 10.6 Å². The van der Waals surface area contributed by atoms with Crippen molar-refractivity contribution in [1.82, 2.24) is 20.2 Å². The zero-order valence-corrected chi connectivity index (χ0v) is 11.9. The van der Waals surface area contributed by atoms with Gasteiger partial charge in [-0.2, -0.15) is 10.1 Å². The Kier molecular flexibility index (Phi) is 4.32. The number of hydrogen-bond donors (Lipinski definition) is 2. The van der Waals surface area contributed by atoms with Crippen molar-refractivity contribution in [2.45, 2.75) is 6.54 Å². The average molecular weight is 314 g/mol. The van der Waals surface area contributed by atoms with Crippen LogP contribution in [0.2, 0.25) is 0 Å². The molecule has 8 heteroatoms. The number of hydrogen-bond acceptors (Lipinski definition) is 6. The highest BCUT2D eigenvalue weighted by Crippen LogP contribution is 2.17. The Morgan fingerprint density at radius 2 is 1.96 bits per heavy atom. The molecule has 6 nitrogen and oxygen atoms in total. The molecule has 2 N–H and O–H groups in total. The van der Waals surface area contributed by atoms with Crippen molar-refractivity contribution in [2.75, 3.05) is 10.6 Å². The molecule has 0 aliphatic rings. The van der Waals surface area contributed by atoms with Gasteiger partial charge >= 0.3 is 0 Å². The van der Waals surface area contributed by atoms with Gasteiger partial charge in [0.25, 0.3) is 0 Å². The molecule has 0 radical (unpaired) electrons. The molecule has 2 aromatic heterocycles. The summed E-state index contributed by atoms with van der Waals surface area (Å²) in [6.07, 6.45) is 4.90. The summed E-state index contributed by atoms with van der Waals surface area (Å²) in [4.78, 5) is 8.22. The second-order valence-corrected chi connectivity index (χ2v) is 4.63. The second kappa shape index (κ2) is 6.73. The molecule has 0 unspecified atom stereocenters. The fourth-order valence-corrected chi connectivity index (χ4v) is 1.84. The highest BCUT2D eigenvalue weighted by atomic mass is 19.2.